The summed E-state index contributed by atoms with van der Waals surface area (Å²) in [6.07, 6.45) is 0. The van der Waals surface area contributed by atoms with Gasteiger partial charge in [-0.05, 0) is 27.7 Å². The van der Waals surface area contributed by atoms with Crippen LogP contribution in [0.3, 0.4) is 0 Å². The fourth-order valence-corrected chi connectivity index (χ4v) is 0. The summed E-state index contributed by atoms with van der Waals surface area (Å²) in [5.74, 6) is -2.90. The Labute approximate surface area is 108 Å². The van der Waals surface area contributed by atoms with Crippen LogP contribution in [0.4, 0.5) is 0 Å². The molecular weight excluding hydrogens is 399 g/mol. The van der Waals surface area contributed by atoms with Crippen LogP contribution in [-0.2, 0) is 9.59 Å². The summed E-state index contributed by atoms with van der Waals surface area (Å²) in [4.78, 5) is 19.3. The summed E-state index contributed by atoms with van der Waals surface area (Å²) in [6, 6.07) is 0. The Bertz CT molecular complexity index is 188. The van der Waals surface area contributed by atoms with Gasteiger partial charge in [0.1, 0.15) is 0 Å². The molecule has 0 saturated carbocycles. The van der Waals surface area contributed by atoms with Crippen LogP contribution in [0.15, 0.2) is 0 Å². The maximum atomic E-state index is 9.66. The average molecular weight is 413 g/mol. The fourth-order valence-electron chi connectivity index (χ4n) is 0. The maximum Gasteiger partial charge on any atom is 2.00 e. The molecule has 0 unspecified atom stereocenters. The van der Waals surface area contributed by atoms with E-state index in [0.29, 0.717) is 0 Å². The van der Waals surface area contributed by atoms with Crippen molar-refractivity contribution in [3.05, 3.63) is 0 Å². The molecule has 0 atom stereocenters. The Morgan fingerprint density at radius 2 is 0.933 bits per heavy atom. The second kappa shape index (κ2) is 7.12. The number of carbonyl (C=O) groups is 2. The van der Waals surface area contributed by atoms with Gasteiger partial charge in [0.2, 0.25) is 0 Å². The molecule has 15 heavy (non-hydrogen) atoms. The molecule has 0 bridgehead atoms. The van der Waals surface area contributed by atoms with Crippen molar-refractivity contribution >= 4 is 39.2 Å². The smallest absolute Gasteiger partial charge is 0.547 e. The molecule has 0 aliphatic heterocycles. The zero-order valence-corrected chi connectivity index (χ0v) is 12.9. The molecule has 7 heteroatoms. The van der Waals surface area contributed by atoms with E-state index in [9.17, 15) is 19.8 Å². The summed E-state index contributed by atoms with van der Waals surface area (Å²) in [5.41, 5.74) is -3.39. The van der Waals surface area contributed by atoms with Gasteiger partial charge in [0.15, 0.2) is 0 Å². The Hall–Kier alpha value is -0.218. The summed E-state index contributed by atoms with van der Waals surface area (Å²) in [6.45, 7) is 4.62. The number of aliphatic hydroxyl groups is 2. The minimum absolute atomic E-state index is 0. The number of rotatable bonds is 2. The molecule has 0 fully saturated rings. The van der Waals surface area contributed by atoms with E-state index in [2.05, 4.69) is 0 Å². The first-order chi connectivity index (χ1) is 5.89. The van der Waals surface area contributed by atoms with Gasteiger partial charge in [-0.2, -0.15) is 0 Å². The average Bonchev–Trinajstić information content (AvgIpc) is 1.83. The second-order valence-electron chi connectivity index (χ2n) is 3.69. The van der Waals surface area contributed by atoms with Gasteiger partial charge in [-0.15, -0.1) is 0 Å². The number of carbonyl (C=O) groups excluding carboxylic acids is 2. The summed E-state index contributed by atoms with van der Waals surface area (Å²) < 4.78 is 0. The Morgan fingerprint density at radius 3 is 0.933 bits per heavy atom. The molecule has 0 aliphatic rings. The Kier molecular flexibility index (Phi) is 9.60. The van der Waals surface area contributed by atoms with Crippen LogP contribution in [0.5, 0.6) is 0 Å². The molecule has 0 rings (SSSR count). The second-order valence-corrected chi connectivity index (χ2v) is 3.69. The number of hydrogen-bond acceptors (Lipinski definition) is 6. The van der Waals surface area contributed by atoms with E-state index in [4.69, 9.17) is 10.2 Å². The Balaban J connectivity index is -0.000000180. The molecule has 0 aliphatic carbocycles. The van der Waals surface area contributed by atoms with Crippen molar-refractivity contribution in [3.8, 4) is 0 Å². The predicted molar refractivity (Wildman–Crippen MR) is 48.4 cm³/mol. The van der Waals surface area contributed by atoms with Gasteiger partial charge < -0.3 is 30.0 Å². The fraction of sp³-hybridized carbons (Fsp3) is 0.750. The largest absolute Gasteiger partial charge is 2.00 e. The van der Waals surface area contributed by atoms with Gasteiger partial charge in [0.25, 0.3) is 0 Å². The minimum atomic E-state index is -1.69. The minimum Gasteiger partial charge on any atom is -0.547 e. The van der Waals surface area contributed by atoms with E-state index in [0.717, 1.165) is 27.7 Å². The quantitative estimate of drug-likeness (QED) is 0.456. The summed E-state index contributed by atoms with van der Waals surface area (Å²) in [5, 5.41) is 36.2. The van der Waals surface area contributed by atoms with Crippen LogP contribution >= 0.6 is 0 Å². The van der Waals surface area contributed by atoms with E-state index in [1.54, 1.807) is 0 Å². The van der Waals surface area contributed by atoms with Gasteiger partial charge in [-0.3, -0.25) is 0 Å². The molecule has 2 radical (unpaired) electrons. The third-order valence-corrected chi connectivity index (χ3v) is 0.999. The molecule has 2 N–H and O–H groups in total. The molecule has 86 valence electrons. The maximum absolute atomic E-state index is 9.66. The predicted octanol–water partition coefficient (Wildman–Crippen LogP) is -3.37. The van der Waals surface area contributed by atoms with Crippen LogP contribution in [-0.4, -0.2) is 60.7 Å². The standard InChI is InChI=1S/2C4H8O3.Pb/c2*1-4(2,7)3(5)6;/h2*7H,1-2H3,(H,5,6);/q;;+2/p-2. The molecule has 0 aromatic carbocycles. The Morgan fingerprint density at radius 1 is 0.867 bits per heavy atom. The van der Waals surface area contributed by atoms with Gasteiger partial charge in [-0.1, -0.05) is 0 Å². The first kappa shape index (κ1) is 20.2. The van der Waals surface area contributed by atoms with Crippen molar-refractivity contribution in [1.29, 1.82) is 0 Å². The summed E-state index contributed by atoms with van der Waals surface area (Å²) in [7, 11) is 0. The number of carboxylic acids is 2. The molecule has 0 heterocycles. The van der Waals surface area contributed by atoms with Crippen LogP contribution in [0.25, 0.3) is 0 Å². The first-order valence-corrected chi connectivity index (χ1v) is 3.76. The molecule has 0 aromatic rings. The summed E-state index contributed by atoms with van der Waals surface area (Å²) >= 11 is 0. The third-order valence-electron chi connectivity index (χ3n) is 0.999. The van der Waals surface area contributed by atoms with E-state index in [1.165, 1.54) is 0 Å². The van der Waals surface area contributed by atoms with Gasteiger partial charge in [0, 0.05) is 0 Å². The number of hydrogen-bond donors (Lipinski definition) is 2. The molecule has 6 nitrogen and oxygen atoms in total. The SMILES string of the molecule is CC(C)(O)C(=O)[O-].CC(C)(O)C(=O)[O-].[Pb+2]. The zero-order valence-electron chi connectivity index (χ0n) is 9.03. The van der Waals surface area contributed by atoms with E-state index < -0.39 is 23.1 Å². The van der Waals surface area contributed by atoms with Crippen molar-refractivity contribution in [2.45, 2.75) is 38.9 Å². The van der Waals surface area contributed by atoms with Gasteiger partial charge >= 0.3 is 27.3 Å². The van der Waals surface area contributed by atoms with E-state index in [-0.39, 0.29) is 27.3 Å². The normalized spacial score (nSPS) is 10.5. The van der Waals surface area contributed by atoms with Crippen LogP contribution in [0.2, 0.25) is 0 Å². The third kappa shape index (κ3) is 13.8. The van der Waals surface area contributed by atoms with Crippen LogP contribution in [0.1, 0.15) is 27.7 Å². The van der Waals surface area contributed by atoms with Crippen molar-refractivity contribution in [1.82, 2.24) is 0 Å². The van der Waals surface area contributed by atoms with E-state index in [1.807, 2.05) is 0 Å². The number of aliphatic carboxylic acids is 2. The van der Waals surface area contributed by atoms with Crippen molar-refractivity contribution in [3.63, 3.8) is 0 Å². The monoisotopic (exact) mass is 414 g/mol. The van der Waals surface area contributed by atoms with Crippen molar-refractivity contribution in [2.75, 3.05) is 0 Å². The molecule has 0 spiro atoms. The van der Waals surface area contributed by atoms with Gasteiger partial charge in [-0.25, -0.2) is 0 Å². The topological polar surface area (TPSA) is 121 Å². The zero-order chi connectivity index (χ0) is 12.2. The van der Waals surface area contributed by atoms with E-state index >= 15 is 0 Å². The van der Waals surface area contributed by atoms with Gasteiger partial charge in [0.05, 0.1) is 23.1 Å². The van der Waals surface area contributed by atoms with Crippen LogP contribution in [0, 0.1) is 0 Å². The molecule has 0 amide bonds. The molecular formula is C8H14O6Pb. The first-order valence-electron chi connectivity index (χ1n) is 3.76. The molecule has 0 saturated heterocycles. The van der Waals surface area contributed by atoms with Crippen LogP contribution < -0.4 is 10.2 Å². The molecule has 0 aromatic heterocycles. The number of carboxylic acid groups (broad SMARTS) is 2. The van der Waals surface area contributed by atoms with Crippen molar-refractivity contribution in [2.24, 2.45) is 0 Å². The van der Waals surface area contributed by atoms with Crippen molar-refractivity contribution < 1.29 is 30.0 Å².